The molecule has 0 bridgehead atoms. The van der Waals surface area contributed by atoms with E-state index in [1.54, 1.807) is 0 Å². The lowest BCUT2D eigenvalue weighted by atomic mass is 9.57. The van der Waals surface area contributed by atoms with E-state index in [0.717, 1.165) is 31.3 Å². The highest BCUT2D eigenvalue weighted by molar-refractivity contribution is 6.38. The zero-order chi connectivity index (χ0) is 18.1. The third-order valence-electron chi connectivity index (χ3n) is 5.35. The maximum Gasteiger partial charge on any atom is 0.146 e. The number of fused-ring (bicyclic) bond motifs is 1. The van der Waals surface area contributed by atoms with Crippen LogP contribution in [0.1, 0.15) is 81.9 Å². The number of hydrogen-bond donors (Lipinski definition) is 1. The van der Waals surface area contributed by atoms with Crippen LogP contribution in [-0.4, -0.2) is 13.2 Å². The number of nitrogens with one attached hydrogen (secondary N) is 1. The Balaban J connectivity index is 1.90. The van der Waals surface area contributed by atoms with E-state index in [2.05, 4.69) is 57.8 Å². The quantitative estimate of drug-likeness (QED) is 0.383. The lowest BCUT2D eigenvalue weighted by Gasteiger charge is -2.28. The van der Waals surface area contributed by atoms with Crippen LogP contribution in [0, 0.1) is 0 Å². The molecule has 0 aromatic heterocycles. The maximum absolute atomic E-state index is 4.40. The molecule has 0 saturated carbocycles. The summed E-state index contributed by atoms with van der Waals surface area (Å²) >= 11 is 0. The highest BCUT2D eigenvalue weighted by Crippen LogP contribution is 2.29. The second-order valence-electron chi connectivity index (χ2n) is 7.42. The van der Waals surface area contributed by atoms with Crippen LogP contribution in [0.25, 0.3) is 5.57 Å². The van der Waals surface area contributed by atoms with Crippen molar-refractivity contribution in [3.63, 3.8) is 0 Å². The second-order valence-corrected chi connectivity index (χ2v) is 7.42. The molecule has 135 valence electrons. The van der Waals surface area contributed by atoms with Crippen LogP contribution in [0.4, 0.5) is 0 Å². The van der Waals surface area contributed by atoms with Gasteiger partial charge in [-0.05, 0) is 53.9 Å². The topological polar surface area (TPSA) is 12.0 Å². The van der Waals surface area contributed by atoms with Crippen LogP contribution in [0.15, 0.2) is 37.1 Å². The molecule has 2 rings (SSSR count). The van der Waals surface area contributed by atoms with Crippen molar-refractivity contribution < 1.29 is 0 Å². The first-order valence-corrected chi connectivity index (χ1v) is 10.2. The molecular weight excluding hydrogens is 301 g/mol. The largest absolute Gasteiger partial charge is 0.394 e. The van der Waals surface area contributed by atoms with Crippen LogP contribution in [0.3, 0.4) is 0 Å². The molecule has 1 aliphatic rings. The van der Waals surface area contributed by atoms with Crippen LogP contribution in [-0.2, 0) is 12.7 Å². The van der Waals surface area contributed by atoms with Crippen molar-refractivity contribution in [1.29, 1.82) is 0 Å². The van der Waals surface area contributed by atoms with E-state index < -0.39 is 0 Å². The summed E-state index contributed by atoms with van der Waals surface area (Å²) < 4.78 is 0. The number of allylic oxidation sites excluding steroid dienone is 2. The molecule has 1 heterocycles. The van der Waals surface area contributed by atoms with E-state index in [9.17, 15) is 0 Å². The van der Waals surface area contributed by atoms with Crippen LogP contribution in [0.2, 0.25) is 0 Å². The van der Waals surface area contributed by atoms with Gasteiger partial charge < -0.3 is 5.32 Å². The first-order chi connectivity index (χ1) is 12.2. The van der Waals surface area contributed by atoms with Gasteiger partial charge >= 0.3 is 0 Å². The number of hydrogen-bond acceptors (Lipinski definition) is 1. The summed E-state index contributed by atoms with van der Waals surface area (Å²) in [5.74, 6) is 0.419. The van der Waals surface area contributed by atoms with Crippen molar-refractivity contribution in [2.24, 2.45) is 0 Å². The summed E-state index contributed by atoms with van der Waals surface area (Å²) in [5.41, 5.74) is 6.83. The summed E-state index contributed by atoms with van der Waals surface area (Å²) in [6, 6.07) is 6.76. The van der Waals surface area contributed by atoms with Crippen LogP contribution >= 0.6 is 0 Å². The van der Waals surface area contributed by atoms with E-state index in [-0.39, 0.29) is 0 Å². The van der Waals surface area contributed by atoms with Gasteiger partial charge in [0.25, 0.3) is 0 Å². The Morgan fingerprint density at radius 2 is 1.88 bits per heavy atom. The molecule has 1 unspecified atom stereocenters. The molecule has 1 aliphatic heterocycles. The Bertz CT molecular complexity index is 575. The molecule has 1 nitrogen and oxygen atoms in total. The van der Waals surface area contributed by atoms with Crippen molar-refractivity contribution in [3.8, 4) is 0 Å². The van der Waals surface area contributed by atoms with Gasteiger partial charge in [-0.2, -0.15) is 0 Å². The molecule has 0 aliphatic carbocycles. The molecule has 1 aromatic carbocycles. The average molecular weight is 336 g/mol. The Morgan fingerprint density at radius 3 is 2.64 bits per heavy atom. The summed E-state index contributed by atoms with van der Waals surface area (Å²) in [4.78, 5) is 0. The molecule has 2 heteroatoms. The highest BCUT2D eigenvalue weighted by atomic mass is 14.9. The normalized spacial score (nSPS) is 16.0. The number of benzene rings is 1. The lowest BCUT2D eigenvalue weighted by Crippen LogP contribution is -2.40. The van der Waals surface area contributed by atoms with E-state index in [1.807, 2.05) is 0 Å². The predicted molar refractivity (Wildman–Crippen MR) is 113 cm³/mol. The van der Waals surface area contributed by atoms with Crippen molar-refractivity contribution in [3.05, 3.63) is 53.7 Å². The van der Waals surface area contributed by atoms with Gasteiger partial charge in [-0.25, -0.2) is 0 Å². The number of rotatable bonds is 11. The lowest BCUT2D eigenvalue weighted by molar-refractivity contribution is 0.613. The monoisotopic (exact) mass is 336 g/mol. The summed E-state index contributed by atoms with van der Waals surface area (Å²) in [6.45, 7) is 12.9. The summed E-state index contributed by atoms with van der Waals surface area (Å²) in [6.07, 6.45) is 12.3. The van der Waals surface area contributed by atoms with Crippen LogP contribution in [0.5, 0.6) is 0 Å². The zero-order valence-corrected chi connectivity index (χ0v) is 16.4. The predicted octanol–water partition coefficient (Wildman–Crippen LogP) is 6.05. The van der Waals surface area contributed by atoms with E-state index in [1.165, 1.54) is 60.8 Å². The van der Waals surface area contributed by atoms with Crippen molar-refractivity contribution in [2.45, 2.75) is 83.9 Å². The Labute approximate surface area is 156 Å². The molecule has 1 aromatic rings. The van der Waals surface area contributed by atoms with Gasteiger partial charge in [-0.15, -0.1) is 0 Å². The first-order valence-electron chi connectivity index (χ1n) is 10.2. The molecule has 0 saturated heterocycles. The van der Waals surface area contributed by atoms with Gasteiger partial charge in [0.05, 0.1) is 0 Å². The summed E-state index contributed by atoms with van der Waals surface area (Å²) in [5, 5.41) is 3.54. The van der Waals surface area contributed by atoms with E-state index in [4.69, 9.17) is 0 Å². The minimum Gasteiger partial charge on any atom is -0.394 e. The maximum atomic E-state index is 4.40. The van der Waals surface area contributed by atoms with Gasteiger partial charge in [-0.3, -0.25) is 0 Å². The molecule has 1 atom stereocenters. The van der Waals surface area contributed by atoms with Crippen molar-refractivity contribution in [2.75, 3.05) is 0 Å². The number of unbranched alkanes of at least 4 members (excludes halogenated alkanes) is 5. The minimum atomic E-state index is 0.419. The minimum absolute atomic E-state index is 0.419. The van der Waals surface area contributed by atoms with Gasteiger partial charge in [0.2, 0.25) is 0 Å². The molecule has 25 heavy (non-hydrogen) atoms. The molecule has 1 radical (unpaired) electrons. The molecule has 0 amide bonds. The van der Waals surface area contributed by atoms with Gasteiger partial charge in [0, 0.05) is 5.70 Å². The highest BCUT2D eigenvalue weighted by Gasteiger charge is 2.22. The smallest absolute Gasteiger partial charge is 0.146 e. The standard InChI is InChI=1S/C23H35BN/c1-5-7-8-9-10-11-13-18(3)21-15-12-14-20-16-23(24-17-22(20)21)25-19(4)6-2/h12,14-15,23,25H,3-11,13,16-17H2,1-2H3. The SMILES string of the molecule is C=C(CC)NC1[B]Cc2c(cccc2C(=C)CCCCCCCC)C1. The average Bonchev–Trinajstić information content (AvgIpc) is 2.63. The Morgan fingerprint density at radius 1 is 1.12 bits per heavy atom. The Hall–Kier alpha value is -1.44. The summed E-state index contributed by atoms with van der Waals surface area (Å²) in [7, 11) is 2.41. The molecule has 0 spiro atoms. The second kappa shape index (κ2) is 10.5. The fraction of sp³-hybridized carbons (Fsp3) is 0.565. The molecular formula is C23H35BN. The van der Waals surface area contributed by atoms with Gasteiger partial charge in [0.15, 0.2) is 0 Å². The Kier molecular flexibility index (Phi) is 8.38. The first kappa shape index (κ1) is 19.9. The van der Waals surface area contributed by atoms with Gasteiger partial charge in [-0.1, -0.05) is 83.6 Å². The van der Waals surface area contributed by atoms with Gasteiger partial charge in [0.1, 0.15) is 7.28 Å². The molecule has 1 N–H and O–H groups in total. The van der Waals surface area contributed by atoms with E-state index in [0.29, 0.717) is 5.94 Å². The van der Waals surface area contributed by atoms with Crippen molar-refractivity contribution >= 4 is 12.9 Å². The van der Waals surface area contributed by atoms with Crippen molar-refractivity contribution in [1.82, 2.24) is 5.32 Å². The third kappa shape index (κ3) is 6.10. The third-order valence-corrected chi connectivity index (χ3v) is 5.35. The zero-order valence-electron chi connectivity index (χ0n) is 16.4. The fourth-order valence-corrected chi connectivity index (χ4v) is 3.71. The fourth-order valence-electron chi connectivity index (χ4n) is 3.71. The van der Waals surface area contributed by atoms with Crippen LogP contribution < -0.4 is 5.32 Å². The molecule has 0 fully saturated rings. The van der Waals surface area contributed by atoms with E-state index >= 15 is 0 Å².